The average Bonchev–Trinajstić information content (AvgIpc) is 2.20. The summed E-state index contributed by atoms with van der Waals surface area (Å²) in [7, 11) is 0. The fourth-order valence-electron chi connectivity index (χ4n) is 1.53. The van der Waals surface area contributed by atoms with Gasteiger partial charge in [-0.3, -0.25) is 4.98 Å². The third-order valence-corrected chi connectivity index (χ3v) is 3.20. The molecule has 0 saturated heterocycles. The van der Waals surface area contributed by atoms with E-state index in [-0.39, 0.29) is 0 Å². The van der Waals surface area contributed by atoms with Crippen LogP contribution in [-0.2, 0) is 6.42 Å². The molecule has 0 atom stereocenters. The quantitative estimate of drug-likeness (QED) is 0.784. The van der Waals surface area contributed by atoms with E-state index in [1.54, 1.807) is 0 Å². The third-order valence-electron chi connectivity index (χ3n) is 2.28. The Morgan fingerprint density at radius 2 is 1.75 bits per heavy atom. The molecular formula is C13H11Br2N. The number of hydrogen-bond acceptors (Lipinski definition) is 1. The standard InChI is InChI=1S/C13H11Br2N/c1-9-2-3-13(16-8-9)6-10-4-11(14)7-12(15)5-10/h2-5,7-8H,6H2,1H3. The van der Waals surface area contributed by atoms with Gasteiger partial charge in [-0.1, -0.05) is 37.9 Å². The molecule has 0 N–H and O–H groups in total. The summed E-state index contributed by atoms with van der Waals surface area (Å²) in [6.07, 6.45) is 2.76. The number of aryl methyl sites for hydroxylation is 1. The maximum atomic E-state index is 4.40. The Morgan fingerprint density at radius 3 is 2.31 bits per heavy atom. The first kappa shape index (κ1) is 11.8. The fourth-order valence-corrected chi connectivity index (χ4v) is 2.91. The van der Waals surface area contributed by atoms with Crippen LogP contribution >= 0.6 is 31.9 Å². The van der Waals surface area contributed by atoms with Gasteiger partial charge in [0, 0.05) is 27.3 Å². The zero-order valence-electron chi connectivity index (χ0n) is 8.87. The van der Waals surface area contributed by atoms with Crippen molar-refractivity contribution in [2.24, 2.45) is 0 Å². The molecule has 1 aromatic carbocycles. The van der Waals surface area contributed by atoms with Gasteiger partial charge in [0.15, 0.2) is 0 Å². The lowest BCUT2D eigenvalue weighted by Gasteiger charge is -2.03. The number of halogens is 2. The van der Waals surface area contributed by atoms with Crippen LogP contribution in [0.15, 0.2) is 45.5 Å². The van der Waals surface area contributed by atoms with E-state index in [0.29, 0.717) is 0 Å². The van der Waals surface area contributed by atoms with Gasteiger partial charge in [-0.15, -0.1) is 0 Å². The number of nitrogens with zero attached hydrogens (tertiary/aromatic N) is 1. The number of benzene rings is 1. The molecule has 16 heavy (non-hydrogen) atoms. The zero-order chi connectivity index (χ0) is 11.5. The summed E-state index contributed by atoms with van der Waals surface area (Å²) in [5, 5.41) is 0. The second-order valence-corrected chi connectivity index (χ2v) is 5.61. The van der Waals surface area contributed by atoms with E-state index in [2.05, 4.69) is 61.1 Å². The number of pyridine rings is 1. The van der Waals surface area contributed by atoms with E-state index in [1.165, 1.54) is 11.1 Å². The van der Waals surface area contributed by atoms with Gasteiger partial charge in [0.2, 0.25) is 0 Å². The van der Waals surface area contributed by atoms with Crippen molar-refractivity contribution in [1.29, 1.82) is 0 Å². The molecule has 2 aromatic rings. The van der Waals surface area contributed by atoms with Crippen molar-refractivity contribution in [2.75, 3.05) is 0 Å². The Morgan fingerprint density at radius 1 is 1.06 bits per heavy atom. The summed E-state index contributed by atoms with van der Waals surface area (Å²) in [6, 6.07) is 10.4. The number of rotatable bonds is 2. The smallest absolute Gasteiger partial charge is 0.0447 e. The molecule has 1 nitrogen and oxygen atoms in total. The van der Waals surface area contributed by atoms with Gasteiger partial charge in [0.25, 0.3) is 0 Å². The van der Waals surface area contributed by atoms with Gasteiger partial charge < -0.3 is 0 Å². The minimum absolute atomic E-state index is 0.859. The van der Waals surface area contributed by atoms with Crippen LogP contribution in [0.5, 0.6) is 0 Å². The average molecular weight is 341 g/mol. The monoisotopic (exact) mass is 339 g/mol. The van der Waals surface area contributed by atoms with Crippen LogP contribution in [0.2, 0.25) is 0 Å². The van der Waals surface area contributed by atoms with E-state index in [4.69, 9.17) is 0 Å². The summed E-state index contributed by atoms with van der Waals surface area (Å²) in [4.78, 5) is 4.40. The van der Waals surface area contributed by atoms with Gasteiger partial charge in [-0.25, -0.2) is 0 Å². The molecule has 82 valence electrons. The molecule has 0 unspecified atom stereocenters. The summed E-state index contributed by atoms with van der Waals surface area (Å²) in [5.74, 6) is 0. The Bertz CT molecular complexity index is 472. The van der Waals surface area contributed by atoms with Crippen molar-refractivity contribution < 1.29 is 0 Å². The van der Waals surface area contributed by atoms with Crippen LogP contribution in [0.4, 0.5) is 0 Å². The molecule has 0 bridgehead atoms. The molecule has 2 rings (SSSR count). The molecule has 0 saturated carbocycles. The van der Waals surface area contributed by atoms with Gasteiger partial charge >= 0.3 is 0 Å². The van der Waals surface area contributed by atoms with Crippen LogP contribution in [0.1, 0.15) is 16.8 Å². The van der Waals surface area contributed by atoms with Gasteiger partial charge in [0.05, 0.1) is 0 Å². The summed E-state index contributed by atoms with van der Waals surface area (Å²) >= 11 is 6.98. The van der Waals surface area contributed by atoms with E-state index in [9.17, 15) is 0 Å². The molecule has 0 aliphatic rings. The fraction of sp³-hybridized carbons (Fsp3) is 0.154. The maximum Gasteiger partial charge on any atom is 0.0447 e. The van der Waals surface area contributed by atoms with Crippen molar-refractivity contribution in [1.82, 2.24) is 4.98 Å². The highest BCUT2D eigenvalue weighted by Crippen LogP contribution is 2.21. The Labute approximate surface area is 112 Å². The SMILES string of the molecule is Cc1ccc(Cc2cc(Br)cc(Br)c2)nc1. The highest BCUT2D eigenvalue weighted by molar-refractivity contribution is 9.11. The lowest BCUT2D eigenvalue weighted by molar-refractivity contribution is 1.06. The van der Waals surface area contributed by atoms with Crippen LogP contribution in [0.25, 0.3) is 0 Å². The lowest BCUT2D eigenvalue weighted by atomic mass is 10.1. The second kappa shape index (κ2) is 5.11. The lowest BCUT2D eigenvalue weighted by Crippen LogP contribution is -1.92. The van der Waals surface area contributed by atoms with Gasteiger partial charge in [-0.05, 0) is 42.3 Å². The third kappa shape index (κ3) is 3.16. The summed E-state index contributed by atoms with van der Waals surface area (Å²) in [6.45, 7) is 2.05. The molecule has 0 spiro atoms. The zero-order valence-corrected chi connectivity index (χ0v) is 12.0. The maximum absolute atomic E-state index is 4.40. The molecular weight excluding hydrogens is 330 g/mol. The topological polar surface area (TPSA) is 12.9 Å². The molecule has 0 aliphatic heterocycles. The van der Waals surface area contributed by atoms with Crippen LogP contribution in [0, 0.1) is 6.92 Å². The number of hydrogen-bond donors (Lipinski definition) is 0. The van der Waals surface area contributed by atoms with Crippen molar-refractivity contribution in [2.45, 2.75) is 13.3 Å². The first-order valence-corrected chi connectivity index (χ1v) is 6.58. The molecule has 0 aliphatic carbocycles. The van der Waals surface area contributed by atoms with Gasteiger partial charge in [-0.2, -0.15) is 0 Å². The molecule has 0 radical (unpaired) electrons. The van der Waals surface area contributed by atoms with E-state index < -0.39 is 0 Å². The van der Waals surface area contributed by atoms with E-state index >= 15 is 0 Å². The normalized spacial score (nSPS) is 10.4. The van der Waals surface area contributed by atoms with Crippen molar-refractivity contribution in [3.8, 4) is 0 Å². The highest BCUT2D eigenvalue weighted by Gasteiger charge is 2.00. The minimum Gasteiger partial charge on any atom is -0.261 e. The second-order valence-electron chi connectivity index (χ2n) is 3.78. The predicted octanol–water partition coefficient (Wildman–Crippen LogP) is 4.51. The van der Waals surface area contributed by atoms with Crippen LogP contribution in [-0.4, -0.2) is 4.98 Å². The molecule has 3 heteroatoms. The first-order chi connectivity index (χ1) is 7.63. The summed E-state index contributed by atoms with van der Waals surface area (Å²) in [5.41, 5.74) is 3.53. The Balaban J connectivity index is 2.23. The largest absolute Gasteiger partial charge is 0.261 e. The number of aromatic nitrogens is 1. The molecule has 1 aromatic heterocycles. The Hall–Kier alpha value is -0.670. The van der Waals surface area contributed by atoms with Crippen LogP contribution in [0.3, 0.4) is 0 Å². The minimum atomic E-state index is 0.859. The Kier molecular flexibility index (Phi) is 3.77. The van der Waals surface area contributed by atoms with Gasteiger partial charge in [0.1, 0.15) is 0 Å². The molecule has 0 fully saturated rings. The molecule has 0 amide bonds. The predicted molar refractivity (Wildman–Crippen MR) is 73.6 cm³/mol. The van der Waals surface area contributed by atoms with E-state index in [1.807, 2.05) is 19.2 Å². The van der Waals surface area contributed by atoms with E-state index in [0.717, 1.165) is 21.1 Å². The molecule has 1 heterocycles. The van der Waals surface area contributed by atoms with Crippen molar-refractivity contribution in [3.05, 3.63) is 62.3 Å². The summed E-state index contributed by atoms with van der Waals surface area (Å²) < 4.78 is 2.17. The van der Waals surface area contributed by atoms with Crippen LogP contribution < -0.4 is 0 Å². The van der Waals surface area contributed by atoms with Crippen molar-refractivity contribution >= 4 is 31.9 Å². The van der Waals surface area contributed by atoms with Crippen molar-refractivity contribution in [3.63, 3.8) is 0 Å². The highest BCUT2D eigenvalue weighted by atomic mass is 79.9. The first-order valence-electron chi connectivity index (χ1n) is 5.00.